The smallest absolute Gasteiger partial charge is 0.342 e. The third-order valence-corrected chi connectivity index (χ3v) is 3.68. The number of hydrogen-bond acceptors (Lipinski definition) is 4. The average molecular weight is 252 g/mol. The number of rotatable bonds is 3. The average Bonchev–Trinajstić information content (AvgIpc) is 2.72. The van der Waals surface area contributed by atoms with Crippen LogP contribution in [0.3, 0.4) is 0 Å². The zero-order valence-electron chi connectivity index (χ0n) is 9.51. The first kappa shape index (κ1) is 11.8. The van der Waals surface area contributed by atoms with Gasteiger partial charge in [0, 0.05) is 11.1 Å². The van der Waals surface area contributed by atoms with Gasteiger partial charge in [-0.05, 0) is 12.3 Å². The third kappa shape index (κ3) is 1.84. The Hall–Kier alpha value is -1.69. The summed E-state index contributed by atoms with van der Waals surface area (Å²) in [5.74, 6) is -1.04. The van der Waals surface area contributed by atoms with E-state index in [0.717, 1.165) is 18.3 Å². The van der Waals surface area contributed by atoms with Gasteiger partial charge in [-0.1, -0.05) is 13.8 Å². The summed E-state index contributed by atoms with van der Waals surface area (Å²) in [4.78, 5) is 27.4. The van der Waals surface area contributed by atoms with Crippen molar-refractivity contribution in [1.82, 2.24) is 9.38 Å². The van der Waals surface area contributed by atoms with Crippen molar-refractivity contribution < 1.29 is 9.90 Å². The molecule has 0 radical (unpaired) electrons. The standard InChI is InChI=1S/C11H12N2O3S/c1-3-6(2)8-5-17-11-12-4-7(10(15)16)9(14)13(8)11/h4-6H,3H2,1-2H3,(H,15,16). The SMILES string of the molecule is CCC(C)c1csc2ncc(C(=O)O)c(=O)n12. The molecule has 5 nitrogen and oxygen atoms in total. The zero-order chi connectivity index (χ0) is 12.6. The molecule has 0 bridgehead atoms. The lowest BCUT2D eigenvalue weighted by Gasteiger charge is -2.07. The van der Waals surface area contributed by atoms with Crippen LogP contribution in [0.5, 0.6) is 0 Å². The van der Waals surface area contributed by atoms with Gasteiger partial charge in [0.25, 0.3) is 5.56 Å². The van der Waals surface area contributed by atoms with Crippen LogP contribution in [0.2, 0.25) is 0 Å². The lowest BCUT2D eigenvalue weighted by Crippen LogP contribution is -2.23. The molecule has 90 valence electrons. The number of thiazole rings is 1. The van der Waals surface area contributed by atoms with E-state index in [2.05, 4.69) is 4.98 Å². The van der Waals surface area contributed by atoms with E-state index >= 15 is 0 Å². The summed E-state index contributed by atoms with van der Waals surface area (Å²) in [6.45, 7) is 4.02. The molecule has 2 aromatic rings. The second-order valence-corrected chi connectivity index (χ2v) is 4.71. The number of fused-ring (bicyclic) bond motifs is 1. The van der Waals surface area contributed by atoms with Gasteiger partial charge in [-0.25, -0.2) is 9.78 Å². The van der Waals surface area contributed by atoms with E-state index in [1.165, 1.54) is 15.7 Å². The minimum atomic E-state index is -1.24. The lowest BCUT2D eigenvalue weighted by molar-refractivity contribution is 0.0694. The van der Waals surface area contributed by atoms with Gasteiger partial charge in [0.05, 0.1) is 6.20 Å². The number of carboxylic acids is 1. The van der Waals surface area contributed by atoms with Gasteiger partial charge in [-0.3, -0.25) is 9.20 Å². The predicted octanol–water partition coefficient (Wildman–Crippen LogP) is 1.97. The van der Waals surface area contributed by atoms with Crippen LogP contribution in [0.1, 0.15) is 42.2 Å². The molecule has 0 fully saturated rings. The molecule has 0 aromatic carbocycles. The van der Waals surface area contributed by atoms with E-state index in [9.17, 15) is 9.59 Å². The molecule has 2 heterocycles. The Morgan fingerprint density at radius 3 is 2.94 bits per heavy atom. The van der Waals surface area contributed by atoms with Gasteiger partial charge in [0.1, 0.15) is 5.56 Å². The van der Waals surface area contributed by atoms with Crippen LogP contribution in [0.15, 0.2) is 16.4 Å². The molecule has 0 aliphatic rings. The highest BCUT2D eigenvalue weighted by molar-refractivity contribution is 7.15. The molecule has 1 atom stereocenters. The van der Waals surface area contributed by atoms with Crippen molar-refractivity contribution in [2.24, 2.45) is 0 Å². The van der Waals surface area contributed by atoms with E-state index in [1.807, 2.05) is 19.2 Å². The molecular formula is C11H12N2O3S. The Kier molecular flexibility index (Phi) is 2.97. The fourth-order valence-electron chi connectivity index (χ4n) is 1.61. The van der Waals surface area contributed by atoms with E-state index < -0.39 is 11.5 Å². The maximum atomic E-state index is 12.0. The Morgan fingerprint density at radius 2 is 2.35 bits per heavy atom. The number of carbonyl (C=O) groups is 1. The predicted molar refractivity (Wildman–Crippen MR) is 65.0 cm³/mol. The molecule has 0 saturated carbocycles. The maximum absolute atomic E-state index is 12.0. The van der Waals surface area contributed by atoms with E-state index in [1.54, 1.807) is 0 Å². The first-order chi connectivity index (χ1) is 8.06. The monoisotopic (exact) mass is 252 g/mol. The van der Waals surface area contributed by atoms with Crippen LogP contribution >= 0.6 is 11.3 Å². The maximum Gasteiger partial charge on any atom is 0.342 e. The van der Waals surface area contributed by atoms with Gasteiger partial charge >= 0.3 is 5.97 Å². The highest BCUT2D eigenvalue weighted by Gasteiger charge is 2.17. The summed E-state index contributed by atoms with van der Waals surface area (Å²) in [6, 6.07) is 0. The largest absolute Gasteiger partial charge is 0.477 e. The van der Waals surface area contributed by atoms with E-state index in [-0.39, 0.29) is 11.5 Å². The van der Waals surface area contributed by atoms with Gasteiger partial charge in [-0.2, -0.15) is 0 Å². The summed E-state index contributed by atoms with van der Waals surface area (Å²) >= 11 is 1.35. The topological polar surface area (TPSA) is 71.7 Å². The molecule has 6 heteroatoms. The highest BCUT2D eigenvalue weighted by Crippen LogP contribution is 2.22. The normalized spacial score (nSPS) is 12.8. The summed E-state index contributed by atoms with van der Waals surface area (Å²) in [5.41, 5.74) is 0.0394. The summed E-state index contributed by atoms with van der Waals surface area (Å²) in [5, 5.41) is 10.8. The quantitative estimate of drug-likeness (QED) is 0.906. The minimum Gasteiger partial charge on any atom is -0.477 e. The zero-order valence-corrected chi connectivity index (χ0v) is 10.3. The van der Waals surface area contributed by atoms with Crippen LogP contribution in [0.4, 0.5) is 0 Å². The molecule has 17 heavy (non-hydrogen) atoms. The van der Waals surface area contributed by atoms with Crippen molar-refractivity contribution in [2.45, 2.75) is 26.2 Å². The van der Waals surface area contributed by atoms with Crippen LogP contribution in [0.25, 0.3) is 4.96 Å². The lowest BCUT2D eigenvalue weighted by atomic mass is 10.1. The van der Waals surface area contributed by atoms with Crippen LogP contribution in [-0.2, 0) is 0 Å². The van der Waals surface area contributed by atoms with Crippen molar-refractivity contribution in [1.29, 1.82) is 0 Å². The van der Waals surface area contributed by atoms with Crippen molar-refractivity contribution in [3.8, 4) is 0 Å². The van der Waals surface area contributed by atoms with Crippen LogP contribution in [-0.4, -0.2) is 20.5 Å². The van der Waals surface area contributed by atoms with Gasteiger partial charge in [0.15, 0.2) is 4.96 Å². The number of carboxylic acid groups (broad SMARTS) is 1. The summed E-state index contributed by atoms with van der Waals surface area (Å²) in [7, 11) is 0. The molecule has 0 aliphatic carbocycles. The molecule has 0 aliphatic heterocycles. The van der Waals surface area contributed by atoms with Crippen molar-refractivity contribution in [3.05, 3.63) is 33.2 Å². The van der Waals surface area contributed by atoms with E-state index in [4.69, 9.17) is 5.11 Å². The number of hydrogen-bond donors (Lipinski definition) is 1. The highest BCUT2D eigenvalue weighted by atomic mass is 32.1. The fraction of sp³-hybridized carbons (Fsp3) is 0.364. The molecule has 2 rings (SSSR count). The molecule has 1 unspecified atom stereocenters. The second kappa shape index (κ2) is 4.29. The van der Waals surface area contributed by atoms with Gasteiger partial charge in [-0.15, -0.1) is 11.3 Å². The Labute approximate surface area is 101 Å². The first-order valence-corrected chi connectivity index (χ1v) is 6.16. The first-order valence-electron chi connectivity index (χ1n) is 5.28. The molecule has 2 aromatic heterocycles. The van der Waals surface area contributed by atoms with Gasteiger partial charge < -0.3 is 5.11 Å². The Bertz CT molecular complexity index is 629. The number of nitrogens with zero attached hydrogens (tertiary/aromatic N) is 2. The second-order valence-electron chi connectivity index (χ2n) is 3.87. The molecule has 1 N–H and O–H groups in total. The van der Waals surface area contributed by atoms with Crippen molar-refractivity contribution in [3.63, 3.8) is 0 Å². The molecule has 0 saturated heterocycles. The Morgan fingerprint density at radius 1 is 1.65 bits per heavy atom. The number of aromatic carboxylic acids is 1. The third-order valence-electron chi connectivity index (χ3n) is 2.82. The van der Waals surface area contributed by atoms with E-state index in [0.29, 0.717) is 4.96 Å². The van der Waals surface area contributed by atoms with Crippen molar-refractivity contribution >= 4 is 22.3 Å². The number of aromatic nitrogens is 2. The molecule has 0 amide bonds. The van der Waals surface area contributed by atoms with Gasteiger partial charge in [0.2, 0.25) is 0 Å². The molecule has 0 spiro atoms. The van der Waals surface area contributed by atoms with Crippen LogP contribution < -0.4 is 5.56 Å². The minimum absolute atomic E-state index is 0.201. The fourth-order valence-corrected chi connectivity index (χ4v) is 2.58. The Balaban J connectivity index is 2.78. The van der Waals surface area contributed by atoms with Crippen molar-refractivity contribution in [2.75, 3.05) is 0 Å². The summed E-state index contributed by atoms with van der Waals surface area (Å²) < 4.78 is 1.41. The molecular weight excluding hydrogens is 240 g/mol. The van der Waals surface area contributed by atoms with Crippen LogP contribution in [0, 0.1) is 0 Å². The summed E-state index contributed by atoms with van der Waals surface area (Å²) in [6.07, 6.45) is 2.01.